The van der Waals surface area contributed by atoms with E-state index >= 15 is 0 Å². The fraction of sp³-hybridized carbons (Fsp3) is 0.476. The first-order chi connectivity index (χ1) is 13.7. The molecule has 2 aliphatic heterocycles. The minimum Gasteiger partial charge on any atom is -0.339 e. The third-order valence-electron chi connectivity index (χ3n) is 5.86. The van der Waals surface area contributed by atoms with Crippen LogP contribution in [-0.2, 0) is 10.3 Å². The van der Waals surface area contributed by atoms with Crippen molar-refractivity contribution in [1.29, 1.82) is 0 Å². The van der Waals surface area contributed by atoms with Crippen molar-refractivity contribution in [2.75, 3.05) is 39.3 Å². The molecule has 2 aliphatic rings. The summed E-state index contributed by atoms with van der Waals surface area (Å²) in [5.41, 5.74) is 0.0847. The maximum Gasteiger partial charge on any atom is 0.253 e. The number of hydrogen-bond donors (Lipinski definition) is 1. The van der Waals surface area contributed by atoms with E-state index < -0.39 is 5.54 Å². The van der Waals surface area contributed by atoms with E-state index in [0.29, 0.717) is 31.7 Å². The first-order valence-electron chi connectivity index (χ1n) is 10.1. The van der Waals surface area contributed by atoms with Crippen LogP contribution in [0, 0.1) is 0 Å². The quantitative estimate of drug-likeness (QED) is 0.826. The summed E-state index contributed by atoms with van der Waals surface area (Å²) in [6, 6.07) is 11.2. The van der Waals surface area contributed by atoms with Gasteiger partial charge in [-0.25, -0.2) is 0 Å². The van der Waals surface area contributed by atoms with Crippen LogP contribution in [0.2, 0.25) is 0 Å². The van der Waals surface area contributed by atoms with Gasteiger partial charge in [-0.1, -0.05) is 18.2 Å². The zero-order valence-electron chi connectivity index (χ0n) is 16.5. The maximum absolute atomic E-state index is 13.6. The lowest BCUT2D eigenvalue weighted by molar-refractivity contribution is -0.143. The van der Waals surface area contributed by atoms with Gasteiger partial charge < -0.3 is 15.1 Å². The Kier molecular flexibility index (Phi) is 6.92. The van der Waals surface area contributed by atoms with Crippen molar-refractivity contribution < 1.29 is 9.59 Å². The molecule has 8 heteroatoms. The third kappa shape index (κ3) is 4.31. The van der Waals surface area contributed by atoms with Gasteiger partial charge in [0.2, 0.25) is 0 Å². The van der Waals surface area contributed by atoms with E-state index in [1.54, 1.807) is 6.20 Å². The zero-order chi connectivity index (χ0) is 19.4. The van der Waals surface area contributed by atoms with Gasteiger partial charge in [0.05, 0.1) is 0 Å². The summed E-state index contributed by atoms with van der Waals surface area (Å²) < 4.78 is 1.84. The number of rotatable bonds is 3. The number of benzene rings is 1. The summed E-state index contributed by atoms with van der Waals surface area (Å²) in [5.74, 6) is 0.172. The van der Waals surface area contributed by atoms with Crippen LogP contribution in [0.5, 0.6) is 0 Å². The summed E-state index contributed by atoms with van der Waals surface area (Å²) >= 11 is 0. The van der Waals surface area contributed by atoms with Crippen molar-refractivity contribution in [2.24, 2.45) is 0 Å². The first kappa shape index (κ1) is 21.3. The van der Waals surface area contributed by atoms with Crippen LogP contribution in [-0.4, -0.2) is 70.7 Å². The molecule has 0 spiro atoms. The molecular weight excluding hydrogens is 390 g/mol. The number of aromatic nitrogens is 2. The summed E-state index contributed by atoms with van der Waals surface area (Å²) in [6.07, 6.45) is 5.89. The van der Waals surface area contributed by atoms with E-state index in [2.05, 4.69) is 10.4 Å². The molecule has 2 amide bonds. The van der Waals surface area contributed by atoms with Gasteiger partial charge in [-0.2, -0.15) is 5.10 Å². The van der Waals surface area contributed by atoms with Crippen LogP contribution in [0.1, 0.15) is 29.6 Å². The molecule has 1 N–H and O–H groups in total. The van der Waals surface area contributed by atoms with Crippen molar-refractivity contribution in [3.05, 3.63) is 54.4 Å². The predicted molar refractivity (Wildman–Crippen MR) is 113 cm³/mol. The van der Waals surface area contributed by atoms with Crippen LogP contribution < -0.4 is 5.32 Å². The lowest BCUT2D eigenvalue weighted by Crippen LogP contribution is -2.56. The van der Waals surface area contributed by atoms with Gasteiger partial charge in [0.15, 0.2) is 0 Å². The Labute approximate surface area is 177 Å². The van der Waals surface area contributed by atoms with Crippen LogP contribution >= 0.6 is 12.4 Å². The molecule has 29 heavy (non-hydrogen) atoms. The number of nitrogens with zero attached hydrogens (tertiary/aromatic N) is 4. The van der Waals surface area contributed by atoms with E-state index in [1.165, 1.54) is 0 Å². The largest absolute Gasteiger partial charge is 0.339 e. The fourth-order valence-electron chi connectivity index (χ4n) is 4.28. The molecule has 0 atom stereocenters. The van der Waals surface area contributed by atoms with Gasteiger partial charge >= 0.3 is 0 Å². The highest BCUT2D eigenvalue weighted by Crippen LogP contribution is 2.30. The van der Waals surface area contributed by atoms with Crippen LogP contribution in [0.15, 0.2) is 48.8 Å². The molecule has 1 aromatic heterocycles. The highest BCUT2D eigenvalue weighted by Gasteiger charge is 2.44. The van der Waals surface area contributed by atoms with Crippen molar-refractivity contribution in [3.63, 3.8) is 0 Å². The molecule has 0 bridgehead atoms. The molecule has 0 aliphatic carbocycles. The number of carbonyl (C=O) groups excluding carboxylic acids is 2. The second-order valence-corrected chi connectivity index (χ2v) is 7.54. The van der Waals surface area contributed by atoms with Crippen molar-refractivity contribution >= 4 is 24.2 Å². The minimum atomic E-state index is -0.618. The lowest BCUT2D eigenvalue weighted by atomic mass is 9.86. The highest BCUT2D eigenvalue weighted by molar-refractivity contribution is 5.94. The summed E-state index contributed by atoms with van der Waals surface area (Å²) in [5, 5.41) is 7.76. The Balaban J connectivity index is 0.00000240. The highest BCUT2D eigenvalue weighted by atomic mass is 35.5. The third-order valence-corrected chi connectivity index (χ3v) is 5.86. The zero-order valence-corrected chi connectivity index (χ0v) is 17.3. The predicted octanol–water partition coefficient (Wildman–Crippen LogP) is 1.76. The molecular formula is C21H28ClN5O2. The topological polar surface area (TPSA) is 70.5 Å². The van der Waals surface area contributed by atoms with Gasteiger partial charge in [-0.05, 0) is 50.6 Å². The Morgan fingerprint density at radius 2 is 1.62 bits per heavy atom. The lowest BCUT2D eigenvalue weighted by Gasteiger charge is -2.40. The molecule has 2 fully saturated rings. The van der Waals surface area contributed by atoms with E-state index in [-0.39, 0.29) is 24.2 Å². The molecule has 2 saturated heterocycles. The molecule has 2 aromatic rings. The number of halogens is 1. The summed E-state index contributed by atoms with van der Waals surface area (Å²) in [7, 11) is 0. The normalized spacial score (nSPS) is 19.2. The van der Waals surface area contributed by atoms with E-state index in [1.807, 2.05) is 57.1 Å². The smallest absolute Gasteiger partial charge is 0.253 e. The van der Waals surface area contributed by atoms with Crippen LogP contribution in [0.4, 0.5) is 0 Å². The van der Waals surface area contributed by atoms with E-state index in [0.717, 1.165) is 32.4 Å². The number of nitrogens with one attached hydrogen (secondary N) is 1. The average Bonchev–Trinajstić information content (AvgIpc) is 3.19. The Morgan fingerprint density at radius 1 is 0.931 bits per heavy atom. The SMILES string of the molecule is Cl.O=C(c1ccccc1)N1CCCN(C(=O)C2(n3cccn3)CCNCC2)CC1. The molecule has 0 radical (unpaired) electrons. The Morgan fingerprint density at radius 3 is 2.31 bits per heavy atom. The molecule has 0 unspecified atom stereocenters. The van der Waals surface area contributed by atoms with Crippen molar-refractivity contribution in [2.45, 2.75) is 24.8 Å². The summed E-state index contributed by atoms with van der Waals surface area (Å²) in [4.78, 5) is 30.2. The van der Waals surface area contributed by atoms with Gasteiger partial charge in [0.1, 0.15) is 5.54 Å². The number of hydrogen-bond acceptors (Lipinski definition) is 4. The molecule has 4 rings (SSSR count). The number of amides is 2. The number of piperidine rings is 1. The van der Waals surface area contributed by atoms with Gasteiger partial charge in [-0.15, -0.1) is 12.4 Å². The van der Waals surface area contributed by atoms with Gasteiger partial charge in [0.25, 0.3) is 11.8 Å². The molecule has 0 saturated carbocycles. The van der Waals surface area contributed by atoms with Gasteiger partial charge in [-0.3, -0.25) is 14.3 Å². The second-order valence-electron chi connectivity index (χ2n) is 7.54. The molecule has 1 aromatic carbocycles. The minimum absolute atomic E-state index is 0. The molecule has 3 heterocycles. The van der Waals surface area contributed by atoms with Crippen molar-refractivity contribution in [1.82, 2.24) is 24.9 Å². The number of carbonyl (C=O) groups is 2. The maximum atomic E-state index is 13.6. The Hall–Kier alpha value is -2.38. The van der Waals surface area contributed by atoms with Crippen LogP contribution in [0.25, 0.3) is 0 Å². The van der Waals surface area contributed by atoms with E-state index in [4.69, 9.17) is 0 Å². The van der Waals surface area contributed by atoms with E-state index in [9.17, 15) is 9.59 Å². The van der Waals surface area contributed by atoms with Crippen LogP contribution in [0.3, 0.4) is 0 Å². The molecule has 7 nitrogen and oxygen atoms in total. The molecule has 156 valence electrons. The monoisotopic (exact) mass is 417 g/mol. The average molecular weight is 418 g/mol. The standard InChI is InChI=1S/C21H27N5O2.ClH/c27-19(18-6-2-1-3-7-18)24-13-5-14-25(17-16-24)20(28)21(8-11-22-12-9-21)26-15-4-10-23-26;/h1-4,6-7,10,15,22H,5,8-9,11-14,16-17H2;1H. The fourth-order valence-corrected chi connectivity index (χ4v) is 4.28. The van der Waals surface area contributed by atoms with Gasteiger partial charge in [0, 0.05) is 44.1 Å². The van der Waals surface area contributed by atoms with Crippen molar-refractivity contribution in [3.8, 4) is 0 Å². The second kappa shape index (κ2) is 9.41. The Bertz CT molecular complexity index is 806. The first-order valence-corrected chi connectivity index (χ1v) is 10.1. The summed E-state index contributed by atoms with van der Waals surface area (Å²) in [6.45, 7) is 4.08.